The van der Waals surface area contributed by atoms with Crippen LogP contribution in [0, 0.1) is 0 Å². The van der Waals surface area contributed by atoms with Crippen LogP contribution in [0.2, 0.25) is 39.3 Å². The maximum atomic E-state index is 6.67. The van der Waals surface area contributed by atoms with Crippen LogP contribution in [-0.4, -0.2) is 29.0 Å². The van der Waals surface area contributed by atoms with Crippen molar-refractivity contribution in [1.82, 2.24) is 0 Å². The Morgan fingerprint density at radius 2 is 1.00 bits per heavy atom. The molecule has 0 saturated carbocycles. The Bertz CT molecular complexity index is 221. The smallest absolute Gasteiger partial charge is 0.246 e. The number of hydrogen-bond donors (Lipinski definition) is 0. The second-order valence-electron chi connectivity index (χ2n) is 7.38. The summed E-state index contributed by atoms with van der Waals surface area (Å²) in [5.74, 6) is 0. The van der Waals surface area contributed by atoms with Gasteiger partial charge in [0, 0.05) is 0 Å². The van der Waals surface area contributed by atoms with E-state index in [2.05, 4.69) is 53.1 Å². The highest BCUT2D eigenvalue weighted by atomic mass is 31.2. The fourth-order valence-corrected chi connectivity index (χ4v) is 13.9. The highest BCUT2D eigenvalue weighted by Crippen LogP contribution is 2.65. The molecule has 0 radical (unpaired) electrons. The summed E-state index contributed by atoms with van der Waals surface area (Å²) < 4.78 is 13.3. The minimum absolute atomic E-state index is 1.16. The van der Waals surface area contributed by atoms with Crippen molar-refractivity contribution in [1.29, 1.82) is 0 Å². The van der Waals surface area contributed by atoms with Gasteiger partial charge in [0.25, 0.3) is 0 Å². The Labute approximate surface area is 124 Å². The molecule has 19 heavy (non-hydrogen) atoms. The first-order valence-electron chi connectivity index (χ1n) is 7.82. The SMILES string of the molecule is CCCC[P+](CCCC)(O[Si](C)(C)C)O[Si](C)(C)C. The van der Waals surface area contributed by atoms with Crippen molar-refractivity contribution in [3.63, 3.8) is 0 Å². The van der Waals surface area contributed by atoms with Crippen LogP contribution in [0.3, 0.4) is 0 Å². The third kappa shape index (κ3) is 10.2. The zero-order valence-electron chi connectivity index (χ0n) is 14.5. The molecule has 0 aromatic heterocycles. The summed E-state index contributed by atoms with van der Waals surface area (Å²) in [5.41, 5.74) is 0. The molecule has 0 saturated heterocycles. The quantitative estimate of drug-likeness (QED) is 0.355. The van der Waals surface area contributed by atoms with Crippen molar-refractivity contribution in [2.75, 3.05) is 12.3 Å². The van der Waals surface area contributed by atoms with Gasteiger partial charge in [0.2, 0.25) is 24.4 Å². The van der Waals surface area contributed by atoms with Gasteiger partial charge in [-0.3, -0.25) is 8.43 Å². The van der Waals surface area contributed by atoms with Crippen LogP contribution in [0.1, 0.15) is 39.5 Å². The molecule has 0 heterocycles. The van der Waals surface area contributed by atoms with Gasteiger partial charge in [-0.1, -0.05) is 26.7 Å². The van der Waals surface area contributed by atoms with E-state index >= 15 is 0 Å². The maximum absolute atomic E-state index is 6.67. The summed E-state index contributed by atoms with van der Waals surface area (Å²) in [6, 6.07) is 0. The molecule has 0 aromatic carbocycles. The number of hydrogen-bond acceptors (Lipinski definition) is 2. The molecule has 0 atom stereocenters. The predicted molar refractivity (Wildman–Crippen MR) is 95.3 cm³/mol. The average Bonchev–Trinajstić information content (AvgIpc) is 2.19. The van der Waals surface area contributed by atoms with E-state index in [1.807, 2.05) is 0 Å². The molecule has 0 spiro atoms. The van der Waals surface area contributed by atoms with Crippen LogP contribution in [0.25, 0.3) is 0 Å². The van der Waals surface area contributed by atoms with Crippen molar-refractivity contribution in [3.05, 3.63) is 0 Å². The molecule has 0 aliphatic rings. The second-order valence-corrected chi connectivity index (χ2v) is 19.8. The van der Waals surface area contributed by atoms with E-state index in [1.165, 1.54) is 25.7 Å². The van der Waals surface area contributed by atoms with E-state index in [4.69, 9.17) is 8.43 Å². The third-order valence-corrected chi connectivity index (χ3v) is 11.6. The van der Waals surface area contributed by atoms with Gasteiger partial charge < -0.3 is 0 Å². The lowest BCUT2D eigenvalue weighted by Crippen LogP contribution is -2.34. The topological polar surface area (TPSA) is 18.5 Å². The summed E-state index contributed by atoms with van der Waals surface area (Å²) in [7, 11) is -4.74. The molecular weight excluding hydrogens is 287 g/mol. The molecule has 0 aromatic rings. The summed E-state index contributed by atoms with van der Waals surface area (Å²) in [6.45, 7) is 18.3. The highest BCUT2D eigenvalue weighted by molar-refractivity contribution is 7.69. The molecule has 0 aliphatic carbocycles. The highest BCUT2D eigenvalue weighted by Gasteiger charge is 2.48. The largest absolute Gasteiger partial charge is 0.256 e. The minimum atomic E-state index is -1.65. The molecule has 0 bridgehead atoms. The van der Waals surface area contributed by atoms with Crippen LogP contribution in [0.5, 0.6) is 0 Å². The summed E-state index contributed by atoms with van der Waals surface area (Å²) in [4.78, 5) is 0. The summed E-state index contributed by atoms with van der Waals surface area (Å²) in [5, 5.41) is 0. The lowest BCUT2D eigenvalue weighted by molar-refractivity contribution is 0.452. The van der Waals surface area contributed by atoms with Crippen molar-refractivity contribution in [2.24, 2.45) is 0 Å². The first-order chi connectivity index (χ1) is 8.54. The van der Waals surface area contributed by atoms with Crippen LogP contribution in [0.15, 0.2) is 0 Å². The van der Waals surface area contributed by atoms with E-state index in [9.17, 15) is 0 Å². The Balaban J connectivity index is 5.06. The molecule has 0 fully saturated rings. The van der Waals surface area contributed by atoms with Crippen LogP contribution in [-0.2, 0) is 8.43 Å². The molecular formula is C14H36O2PSi2+. The van der Waals surface area contributed by atoms with Crippen molar-refractivity contribution in [2.45, 2.75) is 78.8 Å². The second kappa shape index (κ2) is 8.28. The van der Waals surface area contributed by atoms with E-state index in [-0.39, 0.29) is 0 Å². The van der Waals surface area contributed by atoms with Gasteiger partial charge in [-0.05, 0) is 52.1 Å². The minimum Gasteiger partial charge on any atom is -0.256 e. The monoisotopic (exact) mass is 323 g/mol. The van der Waals surface area contributed by atoms with Gasteiger partial charge >= 0.3 is 0 Å². The molecule has 5 heteroatoms. The van der Waals surface area contributed by atoms with Crippen molar-refractivity contribution < 1.29 is 8.43 Å². The Morgan fingerprint density at radius 1 is 0.684 bits per heavy atom. The molecule has 2 nitrogen and oxygen atoms in total. The van der Waals surface area contributed by atoms with Gasteiger partial charge in [0.1, 0.15) is 12.3 Å². The summed E-state index contributed by atoms with van der Waals surface area (Å²) in [6.07, 6.45) is 7.28. The van der Waals surface area contributed by atoms with E-state index in [0.29, 0.717) is 0 Å². The van der Waals surface area contributed by atoms with Crippen LogP contribution >= 0.6 is 7.72 Å². The fraction of sp³-hybridized carbons (Fsp3) is 1.00. The van der Waals surface area contributed by atoms with Crippen molar-refractivity contribution in [3.8, 4) is 0 Å². The van der Waals surface area contributed by atoms with E-state index < -0.39 is 24.4 Å². The maximum Gasteiger partial charge on any atom is 0.246 e. The first-order valence-corrected chi connectivity index (χ1v) is 16.6. The van der Waals surface area contributed by atoms with Gasteiger partial charge in [-0.15, -0.1) is 0 Å². The van der Waals surface area contributed by atoms with Gasteiger partial charge in [0.15, 0.2) is 0 Å². The van der Waals surface area contributed by atoms with E-state index in [0.717, 1.165) is 12.3 Å². The zero-order valence-corrected chi connectivity index (χ0v) is 17.4. The summed E-state index contributed by atoms with van der Waals surface area (Å²) >= 11 is 0. The Kier molecular flexibility index (Phi) is 8.62. The predicted octanol–water partition coefficient (Wildman–Crippen LogP) is 6.14. The number of rotatable bonds is 10. The molecule has 0 rings (SSSR count). The molecule has 0 aliphatic heterocycles. The lowest BCUT2D eigenvalue weighted by Gasteiger charge is -2.34. The Hall–Kier alpha value is 0.784. The average molecular weight is 324 g/mol. The van der Waals surface area contributed by atoms with Gasteiger partial charge in [0.05, 0.1) is 0 Å². The van der Waals surface area contributed by atoms with Crippen LogP contribution < -0.4 is 0 Å². The standard InChI is InChI=1S/C14H36O2PSi2/c1-9-11-13-17(14-12-10-2,15-18(3,4)5)16-19(6,7)8/h9-14H2,1-8H3/q+1. The molecule has 0 unspecified atom stereocenters. The van der Waals surface area contributed by atoms with Crippen LogP contribution in [0.4, 0.5) is 0 Å². The van der Waals surface area contributed by atoms with Gasteiger partial charge in [-0.25, -0.2) is 0 Å². The molecule has 0 amide bonds. The van der Waals surface area contributed by atoms with E-state index in [1.54, 1.807) is 0 Å². The van der Waals surface area contributed by atoms with Gasteiger partial charge in [-0.2, -0.15) is 0 Å². The fourth-order valence-electron chi connectivity index (χ4n) is 2.11. The third-order valence-electron chi connectivity index (χ3n) is 2.59. The zero-order chi connectivity index (χ0) is 15.2. The lowest BCUT2D eigenvalue weighted by atomic mass is 10.4. The Morgan fingerprint density at radius 3 is 1.21 bits per heavy atom. The molecule has 0 N–H and O–H groups in total. The number of unbranched alkanes of at least 4 members (excludes halogenated alkanes) is 2. The van der Waals surface area contributed by atoms with Crippen molar-refractivity contribution >= 4 is 24.4 Å². The normalized spacial score (nSPS) is 13.9. The molecule has 116 valence electrons. The first kappa shape index (κ1) is 19.8.